The van der Waals surface area contributed by atoms with Gasteiger partial charge in [0.15, 0.2) is 0 Å². The molecule has 0 aliphatic carbocycles. The Bertz CT molecular complexity index is 1500. The van der Waals surface area contributed by atoms with Gasteiger partial charge >= 0.3 is 0 Å². The second-order valence-electron chi connectivity index (χ2n) is 8.97. The SMILES string of the molecule is O=C(C=C(O)c1cc(Cc2ccc(F)cc2F)cn(Cc2ccc(F)cc2)c1=O)C(=O)CN1CCCC1=O. The third kappa shape index (κ3) is 6.26. The number of likely N-dealkylation sites (tertiary alicyclic amines) is 1. The molecule has 1 N–H and O–H groups in total. The highest BCUT2D eigenvalue weighted by Gasteiger charge is 2.25. The molecular weight excluding hydrogens is 501 g/mol. The minimum Gasteiger partial charge on any atom is -0.507 e. The van der Waals surface area contributed by atoms with Gasteiger partial charge in [-0.25, -0.2) is 13.2 Å². The van der Waals surface area contributed by atoms with E-state index >= 15 is 0 Å². The summed E-state index contributed by atoms with van der Waals surface area (Å²) in [5, 5.41) is 10.7. The number of nitrogens with zero attached hydrogens (tertiary/aromatic N) is 2. The first-order chi connectivity index (χ1) is 18.1. The largest absolute Gasteiger partial charge is 0.507 e. The van der Waals surface area contributed by atoms with Crippen molar-refractivity contribution in [3.8, 4) is 0 Å². The van der Waals surface area contributed by atoms with Gasteiger partial charge in [-0.05, 0) is 47.4 Å². The van der Waals surface area contributed by atoms with E-state index in [0.29, 0.717) is 30.2 Å². The van der Waals surface area contributed by atoms with E-state index in [-0.39, 0.29) is 36.4 Å². The molecule has 10 heteroatoms. The standard InChI is InChI=1S/C28H23F3N2O5/c29-20-6-3-17(4-7-20)14-33-15-18(10-19-5-8-21(30)12-23(19)31)11-22(28(33)38)24(34)13-25(35)26(36)16-32-9-1-2-27(32)37/h3-8,11-13,15,34H,1-2,9-10,14,16H2. The molecule has 0 spiro atoms. The number of aliphatic hydroxyl groups is 1. The van der Waals surface area contributed by atoms with Crippen LogP contribution < -0.4 is 5.56 Å². The lowest BCUT2D eigenvalue weighted by molar-refractivity contribution is -0.137. The third-order valence-corrected chi connectivity index (χ3v) is 6.14. The number of aromatic nitrogens is 1. The number of halogens is 3. The van der Waals surface area contributed by atoms with Crippen LogP contribution >= 0.6 is 0 Å². The Morgan fingerprint density at radius 1 is 0.947 bits per heavy atom. The van der Waals surface area contributed by atoms with Crippen LogP contribution in [-0.4, -0.2) is 45.1 Å². The fourth-order valence-corrected chi connectivity index (χ4v) is 4.17. The molecule has 0 saturated carbocycles. The van der Waals surface area contributed by atoms with Gasteiger partial charge in [0.05, 0.1) is 18.7 Å². The summed E-state index contributed by atoms with van der Waals surface area (Å²) in [5.41, 5.74) is -0.0376. The number of hydrogen-bond donors (Lipinski definition) is 1. The summed E-state index contributed by atoms with van der Waals surface area (Å²) in [6.45, 7) is -0.118. The minimum atomic E-state index is -1.10. The van der Waals surface area contributed by atoms with Crippen LogP contribution in [0, 0.1) is 17.5 Å². The maximum atomic E-state index is 14.3. The predicted octanol–water partition coefficient (Wildman–Crippen LogP) is 3.56. The molecule has 1 fully saturated rings. The molecule has 38 heavy (non-hydrogen) atoms. The molecule has 2 aromatic carbocycles. The molecule has 7 nitrogen and oxygen atoms in total. The Labute approximate surface area is 215 Å². The molecule has 1 aliphatic rings. The smallest absolute Gasteiger partial charge is 0.261 e. The summed E-state index contributed by atoms with van der Waals surface area (Å²) >= 11 is 0. The number of rotatable bonds is 9. The molecule has 0 bridgehead atoms. The Morgan fingerprint density at radius 3 is 2.32 bits per heavy atom. The molecule has 1 aromatic heterocycles. The van der Waals surface area contributed by atoms with Crippen molar-refractivity contribution in [2.24, 2.45) is 0 Å². The summed E-state index contributed by atoms with van der Waals surface area (Å²) in [4.78, 5) is 50.9. The van der Waals surface area contributed by atoms with E-state index in [2.05, 4.69) is 0 Å². The van der Waals surface area contributed by atoms with E-state index in [1.54, 1.807) is 0 Å². The molecule has 0 radical (unpaired) electrons. The zero-order valence-electron chi connectivity index (χ0n) is 20.1. The molecule has 2 heterocycles. The number of hydrogen-bond acceptors (Lipinski definition) is 5. The van der Waals surface area contributed by atoms with Crippen LogP contribution in [0.15, 0.2) is 65.6 Å². The number of ketones is 2. The lowest BCUT2D eigenvalue weighted by Crippen LogP contribution is -2.34. The van der Waals surface area contributed by atoms with Crippen LogP contribution in [0.2, 0.25) is 0 Å². The molecule has 1 saturated heterocycles. The molecule has 0 unspecified atom stereocenters. The van der Waals surface area contributed by atoms with Crippen LogP contribution in [-0.2, 0) is 27.3 Å². The first kappa shape index (κ1) is 26.6. The highest BCUT2D eigenvalue weighted by atomic mass is 19.1. The molecule has 1 amide bonds. The second kappa shape index (κ2) is 11.3. The summed E-state index contributed by atoms with van der Waals surface area (Å²) in [7, 11) is 0. The van der Waals surface area contributed by atoms with E-state index in [9.17, 15) is 37.5 Å². The van der Waals surface area contributed by atoms with Gasteiger partial charge in [-0.3, -0.25) is 19.2 Å². The van der Waals surface area contributed by atoms with E-state index in [4.69, 9.17) is 0 Å². The maximum Gasteiger partial charge on any atom is 0.261 e. The first-order valence-electron chi connectivity index (χ1n) is 11.8. The number of carbonyl (C=O) groups is 3. The zero-order valence-corrected chi connectivity index (χ0v) is 20.1. The van der Waals surface area contributed by atoms with Crippen LogP contribution in [0.4, 0.5) is 13.2 Å². The van der Waals surface area contributed by atoms with Gasteiger partial charge in [-0.1, -0.05) is 18.2 Å². The molecule has 4 rings (SSSR count). The summed E-state index contributed by atoms with van der Waals surface area (Å²) in [5.74, 6) is -5.09. The number of benzene rings is 2. The monoisotopic (exact) mass is 524 g/mol. The van der Waals surface area contributed by atoms with Gasteiger partial charge in [-0.2, -0.15) is 0 Å². The highest BCUT2D eigenvalue weighted by molar-refractivity contribution is 6.43. The number of Topliss-reactive ketones (excluding diaryl/α,β-unsaturated/α-hetero) is 1. The Kier molecular flexibility index (Phi) is 7.90. The maximum absolute atomic E-state index is 14.3. The molecule has 1 aliphatic heterocycles. The van der Waals surface area contributed by atoms with Crippen molar-refractivity contribution < 1.29 is 32.7 Å². The van der Waals surface area contributed by atoms with Crippen molar-refractivity contribution in [3.05, 3.63) is 111 Å². The number of pyridine rings is 1. The third-order valence-electron chi connectivity index (χ3n) is 6.14. The molecule has 3 aromatic rings. The van der Waals surface area contributed by atoms with E-state index < -0.39 is 46.9 Å². The average Bonchev–Trinajstić information content (AvgIpc) is 3.28. The average molecular weight is 524 g/mol. The normalized spacial score (nSPS) is 13.7. The number of amides is 1. The summed E-state index contributed by atoms with van der Waals surface area (Å²) in [6.07, 6.45) is 2.81. The fourth-order valence-electron chi connectivity index (χ4n) is 4.17. The van der Waals surface area contributed by atoms with E-state index in [0.717, 1.165) is 12.1 Å². The van der Waals surface area contributed by atoms with Crippen molar-refractivity contribution in [2.75, 3.05) is 13.1 Å². The van der Waals surface area contributed by atoms with Gasteiger partial charge in [0.2, 0.25) is 17.5 Å². The van der Waals surface area contributed by atoms with Crippen LogP contribution in [0.25, 0.3) is 5.76 Å². The second-order valence-corrected chi connectivity index (χ2v) is 8.97. The Balaban J connectivity index is 1.68. The Morgan fingerprint density at radius 2 is 1.66 bits per heavy atom. The Hall–Kier alpha value is -4.47. The summed E-state index contributed by atoms with van der Waals surface area (Å²) < 4.78 is 42.2. The van der Waals surface area contributed by atoms with Gasteiger partial charge in [-0.15, -0.1) is 0 Å². The minimum absolute atomic E-state index is 0.0386. The topological polar surface area (TPSA) is 96.7 Å². The lowest BCUT2D eigenvalue weighted by Gasteiger charge is -2.14. The highest BCUT2D eigenvalue weighted by Crippen LogP contribution is 2.18. The van der Waals surface area contributed by atoms with Gasteiger partial charge in [0.25, 0.3) is 5.56 Å². The van der Waals surface area contributed by atoms with Crippen LogP contribution in [0.5, 0.6) is 0 Å². The van der Waals surface area contributed by atoms with Crippen molar-refractivity contribution in [3.63, 3.8) is 0 Å². The van der Waals surface area contributed by atoms with Crippen molar-refractivity contribution in [1.82, 2.24) is 9.47 Å². The van der Waals surface area contributed by atoms with E-state index in [1.165, 1.54) is 52.1 Å². The van der Waals surface area contributed by atoms with Crippen LogP contribution in [0.1, 0.15) is 35.1 Å². The number of allylic oxidation sites excluding steroid dienone is 1. The van der Waals surface area contributed by atoms with Gasteiger partial charge in [0.1, 0.15) is 23.2 Å². The summed E-state index contributed by atoms with van der Waals surface area (Å²) in [6, 6.07) is 9.66. The van der Waals surface area contributed by atoms with E-state index in [1.807, 2.05) is 0 Å². The van der Waals surface area contributed by atoms with Crippen LogP contribution in [0.3, 0.4) is 0 Å². The number of aliphatic hydroxyl groups excluding tert-OH is 1. The van der Waals surface area contributed by atoms with Crippen molar-refractivity contribution in [1.29, 1.82) is 0 Å². The number of carbonyl (C=O) groups excluding carboxylic acids is 3. The van der Waals surface area contributed by atoms with Crippen molar-refractivity contribution >= 4 is 23.2 Å². The molecule has 0 atom stereocenters. The van der Waals surface area contributed by atoms with Gasteiger partial charge in [0, 0.05) is 37.7 Å². The quantitative estimate of drug-likeness (QED) is 0.262. The molecular formula is C28H23F3N2O5. The van der Waals surface area contributed by atoms with Gasteiger partial charge < -0.3 is 14.6 Å². The fraction of sp³-hybridized carbons (Fsp3) is 0.214. The lowest BCUT2D eigenvalue weighted by atomic mass is 10.0. The molecule has 196 valence electrons. The first-order valence-corrected chi connectivity index (χ1v) is 11.8. The predicted molar refractivity (Wildman–Crippen MR) is 132 cm³/mol. The zero-order chi connectivity index (χ0) is 27.4. The van der Waals surface area contributed by atoms with Crippen molar-refractivity contribution in [2.45, 2.75) is 25.8 Å².